The quantitative estimate of drug-likeness (QED) is 0.652. The molecule has 0 unspecified atom stereocenters. The molecule has 0 aliphatic carbocycles. The maximum absolute atomic E-state index is 4.21. The van der Waals surface area contributed by atoms with Crippen LogP contribution in [0.15, 0.2) is 17.1 Å². The Morgan fingerprint density at radius 1 is 1.21 bits per heavy atom. The summed E-state index contributed by atoms with van der Waals surface area (Å²) in [5.41, 5.74) is 5.80. The minimum absolute atomic E-state index is 0.211. The van der Waals surface area contributed by atoms with Crippen molar-refractivity contribution in [3.63, 3.8) is 0 Å². The molecule has 0 aliphatic rings. The fourth-order valence-corrected chi connectivity index (χ4v) is 3.05. The molecular formula is C16H26N2S. The van der Waals surface area contributed by atoms with Gasteiger partial charge in [-0.3, -0.25) is 4.99 Å². The number of thioether (sulfide) groups is 1. The van der Waals surface area contributed by atoms with E-state index in [1.165, 1.54) is 22.3 Å². The van der Waals surface area contributed by atoms with E-state index in [4.69, 9.17) is 0 Å². The lowest BCUT2D eigenvalue weighted by Gasteiger charge is -2.22. The third-order valence-electron chi connectivity index (χ3n) is 3.33. The van der Waals surface area contributed by atoms with Crippen LogP contribution in [-0.2, 0) is 11.2 Å². The third-order valence-corrected chi connectivity index (χ3v) is 4.43. The van der Waals surface area contributed by atoms with Crippen LogP contribution in [0.25, 0.3) is 0 Å². The molecule has 1 aromatic rings. The first-order chi connectivity index (χ1) is 8.79. The number of hydrogen-bond donors (Lipinski definition) is 1. The normalized spacial score (nSPS) is 12.7. The Bertz CT molecular complexity index is 447. The Kier molecular flexibility index (Phi) is 5.48. The van der Waals surface area contributed by atoms with Crippen LogP contribution >= 0.6 is 11.8 Å². The lowest BCUT2D eigenvalue weighted by atomic mass is 9.84. The van der Waals surface area contributed by atoms with Crippen molar-refractivity contribution in [1.82, 2.24) is 5.32 Å². The van der Waals surface area contributed by atoms with Gasteiger partial charge < -0.3 is 5.32 Å². The summed E-state index contributed by atoms with van der Waals surface area (Å²) in [4.78, 5) is 4.21. The van der Waals surface area contributed by atoms with Gasteiger partial charge in [0, 0.05) is 19.8 Å². The summed E-state index contributed by atoms with van der Waals surface area (Å²) < 4.78 is 0. The first kappa shape index (κ1) is 16.1. The maximum Gasteiger partial charge on any atom is 0.156 e. The van der Waals surface area contributed by atoms with Gasteiger partial charge in [-0.25, -0.2) is 0 Å². The number of aryl methyl sites for hydroxylation is 2. The van der Waals surface area contributed by atoms with E-state index < -0.39 is 0 Å². The Hall–Kier alpha value is -0.960. The Morgan fingerprint density at radius 2 is 1.74 bits per heavy atom. The Balaban J connectivity index is 2.98. The predicted octanol–water partition coefficient (Wildman–Crippen LogP) is 4.04. The number of nitrogens with one attached hydrogen (secondary N) is 1. The predicted molar refractivity (Wildman–Crippen MR) is 88.3 cm³/mol. The lowest BCUT2D eigenvalue weighted by Crippen LogP contribution is -2.15. The molecule has 0 heterocycles. The van der Waals surface area contributed by atoms with Crippen molar-refractivity contribution in [2.24, 2.45) is 4.99 Å². The van der Waals surface area contributed by atoms with E-state index in [-0.39, 0.29) is 5.41 Å². The van der Waals surface area contributed by atoms with Crippen molar-refractivity contribution in [1.29, 1.82) is 0 Å². The van der Waals surface area contributed by atoms with Crippen molar-refractivity contribution < 1.29 is 0 Å². The fourth-order valence-electron chi connectivity index (χ4n) is 2.04. The molecule has 3 heteroatoms. The van der Waals surface area contributed by atoms with E-state index in [0.717, 1.165) is 10.9 Å². The van der Waals surface area contributed by atoms with Gasteiger partial charge in [-0.2, -0.15) is 0 Å². The summed E-state index contributed by atoms with van der Waals surface area (Å²) in [6.07, 6.45) is 0. The van der Waals surface area contributed by atoms with Crippen molar-refractivity contribution >= 4 is 16.9 Å². The highest BCUT2D eigenvalue weighted by atomic mass is 32.2. The van der Waals surface area contributed by atoms with Crippen molar-refractivity contribution in [3.8, 4) is 0 Å². The van der Waals surface area contributed by atoms with Crippen molar-refractivity contribution in [2.45, 2.75) is 45.8 Å². The van der Waals surface area contributed by atoms with Crippen molar-refractivity contribution in [3.05, 3.63) is 34.4 Å². The lowest BCUT2D eigenvalue weighted by molar-refractivity contribution is 0.589. The molecule has 0 atom stereocenters. The monoisotopic (exact) mass is 278 g/mol. The molecule has 0 aromatic heterocycles. The molecule has 0 spiro atoms. The standard InChI is InChI=1S/C16H26N2S/c1-11-8-13(16(3,4)5)9-12(2)14(11)10-19-15(17-6)18-7/h8-9H,10H2,1-7H3,(H,17,18). The average Bonchev–Trinajstić information content (AvgIpc) is 2.31. The molecule has 1 aromatic carbocycles. The van der Waals surface area contributed by atoms with E-state index in [1.807, 2.05) is 14.1 Å². The molecule has 0 fully saturated rings. The van der Waals surface area contributed by atoms with Gasteiger partial charge in [0.2, 0.25) is 0 Å². The van der Waals surface area contributed by atoms with Gasteiger partial charge in [0.1, 0.15) is 0 Å². The first-order valence-electron chi connectivity index (χ1n) is 6.67. The van der Waals surface area contributed by atoms with Gasteiger partial charge >= 0.3 is 0 Å². The van der Waals surface area contributed by atoms with Crippen LogP contribution in [-0.4, -0.2) is 19.3 Å². The Morgan fingerprint density at radius 3 is 2.11 bits per heavy atom. The zero-order chi connectivity index (χ0) is 14.6. The van der Waals surface area contributed by atoms with Crippen molar-refractivity contribution in [2.75, 3.05) is 14.1 Å². The second-order valence-electron chi connectivity index (χ2n) is 5.91. The van der Waals surface area contributed by atoms with Crippen LogP contribution in [0, 0.1) is 13.8 Å². The van der Waals surface area contributed by atoms with Gasteiger partial charge in [-0.1, -0.05) is 44.7 Å². The summed E-state index contributed by atoms with van der Waals surface area (Å²) >= 11 is 1.76. The number of nitrogens with zero attached hydrogens (tertiary/aromatic N) is 1. The van der Waals surface area contributed by atoms with Gasteiger partial charge in [-0.15, -0.1) is 0 Å². The largest absolute Gasteiger partial charge is 0.368 e. The molecule has 2 nitrogen and oxygen atoms in total. The molecule has 1 N–H and O–H groups in total. The number of hydrogen-bond acceptors (Lipinski definition) is 2. The maximum atomic E-state index is 4.21. The molecule has 0 bridgehead atoms. The van der Waals surface area contributed by atoms with Crippen LogP contribution in [0.2, 0.25) is 0 Å². The molecule has 0 aliphatic heterocycles. The molecule has 106 valence electrons. The highest BCUT2D eigenvalue weighted by molar-refractivity contribution is 8.13. The second kappa shape index (κ2) is 6.47. The third kappa shape index (κ3) is 4.27. The van der Waals surface area contributed by atoms with Crippen LogP contribution in [0.5, 0.6) is 0 Å². The second-order valence-corrected chi connectivity index (χ2v) is 6.87. The van der Waals surface area contributed by atoms with E-state index in [9.17, 15) is 0 Å². The molecule has 0 radical (unpaired) electrons. The molecule has 0 amide bonds. The van der Waals surface area contributed by atoms with Gasteiger partial charge in [-0.05, 0) is 41.5 Å². The van der Waals surface area contributed by atoms with E-state index in [0.29, 0.717) is 0 Å². The summed E-state index contributed by atoms with van der Waals surface area (Å²) in [5.74, 6) is 0.968. The summed E-state index contributed by atoms with van der Waals surface area (Å²) in [5, 5.41) is 4.09. The summed E-state index contributed by atoms with van der Waals surface area (Å²) in [6, 6.07) is 4.65. The molecule has 0 saturated carbocycles. The molecule has 1 rings (SSSR count). The van der Waals surface area contributed by atoms with Gasteiger partial charge in [0.15, 0.2) is 5.17 Å². The van der Waals surface area contributed by atoms with E-state index in [1.54, 1.807) is 11.8 Å². The minimum Gasteiger partial charge on any atom is -0.368 e. The molecule has 0 saturated heterocycles. The number of benzene rings is 1. The van der Waals surface area contributed by atoms with E-state index >= 15 is 0 Å². The number of aliphatic imine (C=N–C) groups is 1. The first-order valence-corrected chi connectivity index (χ1v) is 7.66. The average molecular weight is 278 g/mol. The smallest absolute Gasteiger partial charge is 0.156 e. The number of rotatable bonds is 2. The topological polar surface area (TPSA) is 24.4 Å². The van der Waals surface area contributed by atoms with Crippen LogP contribution in [0.3, 0.4) is 0 Å². The molecular weight excluding hydrogens is 252 g/mol. The van der Waals surface area contributed by atoms with E-state index in [2.05, 4.69) is 57.1 Å². The zero-order valence-electron chi connectivity index (χ0n) is 13.2. The minimum atomic E-state index is 0.211. The van der Waals surface area contributed by atoms with Gasteiger partial charge in [0.25, 0.3) is 0 Å². The zero-order valence-corrected chi connectivity index (χ0v) is 14.0. The number of amidine groups is 1. The van der Waals surface area contributed by atoms with Crippen LogP contribution < -0.4 is 5.32 Å². The van der Waals surface area contributed by atoms with Crippen LogP contribution in [0.1, 0.15) is 43.0 Å². The Labute approximate surface area is 122 Å². The highest BCUT2D eigenvalue weighted by Crippen LogP contribution is 2.28. The van der Waals surface area contributed by atoms with Crippen LogP contribution in [0.4, 0.5) is 0 Å². The van der Waals surface area contributed by atoms with Gasteiger partial charge in [0.05, 0.1) is 0 Å². The SMILES string of the molecule is CN=C(NC)SCc1c(C)cc(C(C)(C)C)cc1C. The summed E-state index contributed by atoms with van der Waals surface area (Å²) in [7, 11) is 3.74. The fraction of sp³-hybridized carbons (Fsp3) is 0.562. The molecule has 19 heavy (non-hydrogen) atoms. The highest BCUT2D eigenvalue weighted by Gasteiger charge is 2.16. The summed E-state index contributed by atoms with van der Waals surface area (Å²) in [6.45, 7) is 11.2.